The normalized spacial score (nSPS) is 16.8. The second kappa shape index (κ2) is 6.33. The summed E-state index contributed by atoms with van der Waals surface area (Å²) < 4.78 is 42.2. The van der Waals surface area contributed by atoms with E-state index in [0.717, 1.165) is 0 Å². The van der Waals surface area contributed by atoms with Gasteiger partial charge in [-0.1, -0.05) is 13.8 Å². The molecule has 0 aromatic carbocycles. The molecule has 0 aliphatic carbocycles. The van der Waals surface area contributed by atoms with E-state index in [9.17, 15) is 13.2 Å². The van der Waals surface area contributed by atoms with Crippen LogP contribution in [0.5, 0.6) is 0 Å². The molecule has 0 fully saturated rings. The Balaban J connectivity index is 4.16. The van der Waals surface area contributed by atoms with Crippen LogP contribution < -0.4 is 5.73 Å². The molecule has 2 unspecified atom stereocenters. The molecule has 0 heterocycles. The summed E-state index contributed by atoms with van der Waals surface area (Å²) in [6.45, 7) is 5.55. The maximum atomic E-state index is 12.4. The highest BCUT2D eigenvalue weighted by Gasteiger charge is 2.40. The second-order valence-corrected chi connectivity index (χ2v) is 4.18. The Labute approximate surface area is 89.0 Å². The summed E-state index contributed by atoms with van der Waals surface area (Å²) in [6.07, 6.45) is -5.98. The van der Waals surface area contributed by atoms with Gasteiger partial charge >= 0.3 is 6.18 Å². The van der Waals surface area contributed by atoms with E-state index in [2.05, 4.69) is 0 Å². The lowest BCUT2D eigenvalue weighted by molar-refractivity contribution is -0.233. The van der Waals surface area contributed by atoms with Crippen molar-refractivity contribution in [1.82, 2.24) is 0 Å². The summed E-state index contributed by atoms with van der Waals surface area (Å²) in [5, 5.41) is 0. The molecule has 0 aromatic rings. The Morgan fingerprint density at radius 2 is 1.73 bits per heavy atom. The van der Waals surface area contributed by atoms with Crippen molar-refractivity contribution in [3.8, 4) is 0 Å². The second-order valence-electron chi connectivity index (χ2n) is 4.18. The topological polar surface area (TPSA) is 35.2 Å². The van der Waals surface area contributed by atoms with Crippen molar-refractivity contribution in [2.24, 2.45) is 11.7 Å². The summed E-state index contributed by atoms with van der Waals surface area (Å²) in [4.78, 5) is 0. The molecule has 0 rings (SSSR count). The molecule has 0 aliphatic heterocycles. The van der Waals surface area contributed by atoms with Crippen LogP contribution in [0.25, 0.3) is 0 Å². The number of ether oxygens (including phenoxy) is 1. The molecule has 5 heteroatoms. The van der Waals surface area contributed by atoms with Crippen LogP contribution in [0, 0.1) is 5.92 Å². The van der Waals surface area contributed by atoms with Crippen LogP contribution in [-0.2, 0) is 4.74 Å². The predicted octanol–water partition coefficient (Wildman–Crippen LogP) is 2.72. The van der Waals surface area contributed by atoms with Crippen LogP contribution in [0.3, 0.4) is 0 Å². The minimum atomic E-state index is -4.31. The van der Waals surface area contributed by atoms with Gasteiger partial charge in [-0.25, -0.2) is 0 Å². The van der Waals surface area contributed by atoms with Gasteiger partial charge in [0.25, 0.3) is 0 Å². The predicted molar refractivity (Wildman–Crippen MR) is 53.5 cm³/mol. The molecular weight excluding hydrogens is 207 g/mol. The quantitative estimate of drug-likeness (QED) is 0.757. The van der Waals surface area contributed by atoms with Gasteiger partial charge in [0.15, 0.2) is 6.10 Å². The lowest BCUT2D eigenvalue weighted by Crippen LogP contribution is -2.36. The van der Waals surface area contributed by atoms with Crippen LogP contribution in [0.1, 0.15) is 33.6 Å². The van der Waals surface area contributed by atoms with Crippen molar-refractivity contribution >= 4 is 0 Å². The van der Waals surface area contributed by atoms with Crippen LogP contribution in [0.2, 0.25) is 0 Å². The van der Waals surface area contributed by atoms with Gasteiger partial charge < -0.3 is 10.5 Å². The van der Waals surface area contributed by atoms with E-state index in [1.807, 2.05) is 13.8 Å². The molecule has 0 spiro atoms. The average Bonchev–Trinajstić information content (AvgIpc) is 2.00. The molecule has 92 valence electrons. The number of nitrogens with two attached hydrogens (primary N) is 1. The number of halogens is 3. The molecule has 0 radical (unpaired) electrons. The maximum absolute atomic E-state index is 12.4. The van der Waals surface area contributed by atoms with Crippen LogP contribution in [-0.4, -0.2) is 24.9 Å². The van der Waals surface area contributed by atoms with Crippen LogP contribution >= 0.6 is 0 Å². The van der Waals surface area contributed by atoms with Gasteiger partial charge in [0, 0.05) is 0 Å². The van der Waals surface area contributed by atoms with E-state index in [-0.39, 0.29) is 19.1 Å². The van der Waals surface area contributed by atoms with E-state index in [1.54, 1.807) is 6.92 Å². The largest absolute Gasteiger partial charge is 0.414 e. The molecule has 0 saturated heterocycles. The van der Waals surface area contributed by atoms with Crippen LogP contribution in [0.4, 0.5) is 13.2 Å². The van der Waals surface area contributed by atoms with Crippen molar-refractivity contribution in [1.29, 1.82) is 0 Å². The Morgan fingerprint density at radius 1 is 1.20 bits per heavy atom. The fourth-order valence-electron chi connectivity index (χ4n) is 1.46. The Bertz CT molecular complexity index is 171. The highest BCUT2D eigenvalue weighted by molar-refractivity contribution is 4.70. The van der Waals surface area contributed by atoms with E-state index < -0.39 is 12.3 Å². The highest BCUT2D eigenvalue weighted by atomic mass is 19.4. The number of rotatable bonds is 6. The van der Waals surface area contributed by atoms with Gasteiger partial charge in [-0.05, 0) is 32.2 Å². The van der Waals surface area contributed by atoms with Gasteiger partial charge in [-0.2, -0.15) is 13.2 Å². The summed E-state index contributed by atoms with van der Waals surface area (Å²) in [6, 6.07) is 0. The standard InChI is InChI=1S/C10H20F3NO/c1-7(2)6-8(3)15-9(4-5-14)10(11,12)13/h7-9H,4-6,14H2,1-3H3. The maximum Gasteiger partial charge on any atom is 0.414 e. The zero-order chi connectivity index (χ0) is 12.1. The fraction of sp³-hybridized carbons (Fsp3) is 1.00. The first-order chi connectivity index (χ1) is 6.77. The summed E-state index contributed by atoms with van der Waals surface area (Å²) in [5.41, 5.74) is 5.12. The number of alkyl halides is 3. The zero-order valence-electron chi connectivity index (χ0n) is 9.47. The SMILES string of the molecule is CC(C)CC(C)OC(CCN)C(F)(F)F. The van der Waals surface area contributed by atoms with Gasteiger partial charge in [-0.3, -0.25) is 0 Å². The van der Waals surface area contributed by atoms with Crippen molar-refractivity contribution in [3.63, 3.8) is 0 Å². The molecule has 0 saturated carbocycles. The highest BCUT2D eigenvalue weighted by Crippen LogP contribution is 2.27. The third-order valence-corrected chi connectivity index (χ3v) is 1.99. The minimum absolute atomic E-state index is 0.0153. The third kappa shape index (κ3) is 6.73. The smallest absolute Gasteiger partial charge is 0.366 e. The molecule has 0 bridgehead atoms. The zero-order valence-corrected chi connectivity index (χ0v) is 9.47. The van der Waals surface area contributed by atoms with Crippen LogP contribution in [0.15, 0.2) is 0 Å². The summed E-state index contributed by atoms with van der Waals surface area (Å²) in [5.74, 6) is 0.326. The lowest BCUT2D eigenvalue weighted by atomic mass is 10.1. The Morgan fingerprint density at radius 3 is 2.07 bits per heavy atom. The van der Waals surface area contributed by atoms with Gasteiger partial charge in [0.1, 0.15) is 0 Å². The number of hydrogen-bond acceptors (Lipinski definition) is 2. The molecule has 2 atom stereocenters. The molecule has 2 nitrogen and oxygen atoms in total. The monoisotopic (exact) mass is 227 g/mol. The molecule has 0 amide bonds. The summed E-state index contributed by atoms with van der Waals surface area (Å²) in [7, 11) is 0. The molecule has 0 aliphatic rings. The fourth-order valence-corrected chi connectivity index (χ4v) is 1.46. The molecule has 2 N–H and O–H groups in total. The first-order valence-corrected chi connectivity index (χ1v) is 5.19. The lowest BCUT2D eigenvalue weighted by Gasteiger charge is -2.25. The Kier molecular flexibility index (Phi) is 6.20. The van der Waals surface area contributed by atoms with Crippen molar-refractivity contribution < 1.29 is 17.9 Å². The number of hydrogen-bond donors (Lipinski definition) is 1. The van der Waals surface area contributed by atoms with E-state index in [0.29, 0.717) is 12.3 Å². The third-order valence-electron chi connectivity index (χ3n) is 1.99. The molecule has 15 heavy (non-hydrogen) atoms. The van der Waals surface area contributed by atoms with Crippen molar-refractivity contribution in [2.45, 2.75) is 52.0 Å². The molecular formula is C10H20F3NO. The Hall–Kier alpha value is -0.290. The first-order valence-electron chi connectivity index (χ1n) is 5.19. The van der Waals surface area contributed by atoms with Crippen molar-refractivity contribution in [2.75, 3.05) is 6.54 Å². The van der Waals surface area contributed by atoms with Gasteiger partial charge in [0.05, 0.1) is 6.10 Å². The molecule has 0 aromatic heterocycles. The van der Waals surface area contributed by atoms with Crippen molar-refractivity contribution in [3.05, 3.63) is 0 Å². The van der Waals surface area contributed by atoms with E-state index in [1.165, 1.54) is 0 Å². The van der Waals surface area contributed by atoms with Gasteiger partial charge in [-0.15, -0.1) is 0 Å². The minimum Gasteiger partial charge on any atom is -0.366 e. The first kappa shape index (κ1) is 14.7. The van der Waals surface area contributed by atoms with E-state index >= 15 is 0 Å². The van der Waals surface area contributed by atoms with E-state index in [4.69, 9.17) is 10.5 Å². The summed E-state index contributed by atoms with van der Waals surface area (Å²) >= 11 is 0. The van der Waals surface area contributed by atoms with Gasteiger partial charge in [0.2, 0.25) is 0 Å². The average molecular weight is 227 g/mol.